The molecule has 0 heterocycles. The molecule has 2 amide bonds. The smallest absolute Gasteiger partial charge is 0.407 e. The first kappa shape index (κ1) is 21.1. The number of aliphatic carboxylic acids is 1. The SMILES string of the molecule is C=CCC(NC(=O)[C@@H](C)NC(=O)OCC1c2ccccc2-c2ccccc21)C(=O)O. The topological polar surface area (TPSA) is 105 Å². The molecule has 0 aliphatic heterocycles. The number of amides is 2. The van der Waals surface area contributed by atoms with Gasteiger partial charge in [0.1, 0.15) is 18.7 Å². The van der Waals surface area contributed by atoms with Crippen LogP contribution in [0.2, 0.25) is 0 Å². The van der Waals surface area contributed by atoms with Crippen molar-refractivity contribution in [2.45, 2.75) is 31.3 Å². The molecule has 0 radical (unpaired) electrons. The van der Waals surface area contributed by atoms with Crippen LogP contribution in [0.3, 0.4) is 0 Å². The van der Waals surface area contributed by atoms with Gasteiger partial charge in [0.15, 0.2) is 0 Å². The molecule has 7 nitrogen and oxygen atoms in total. The number of nitrogens with one attached hydrogen (secondary N) is 2. The van der Waals surface area contributed by atoms with Crippen molar-refractivity contribution in [2.75, 3.05) is 6.61 Å². The summed E-state index contributed by atoms with van der Waals surface area (Å²) in [7, 11) is 0. The Balaban J connectivity index is 1.59. The number of carboxylic acid groups (broad SMARTS) is 1. The van der Waals surface area contributed by atoms with Crippen molar-refractivity contribution in [2.24, 2.45) is 0 Å². The summed E-state index contributed by atoms with van der Waals surface area (Å²) in [6.07, 6.45) is 0.747. The molecular weight excluding hydrogens is 384 g/mol. The summed E-state index contributed by atoms with van der Waals surface area (Å²) in [6.45, 7) is 5.06. The Kier molecular flexibility index (Phi) is 6.51. The Hall–Kier alpha value is -3.61. The van der Waals surface area contributed by atoms with E-state index in [-0.39, 0.29) is 18.9 Å². The molecule has 0 saturated heterocycles. The zero-order chi connectivity index (χ0) is 21.7. The maximum Gasteiger partial charge on any atom is 0.407 e. The highest BCUT2D eigenvalue weighted by Gasteiger charge is 2.29. The number of alkyl carbamates (subject to hydrolysis) is 1. The minimum Gasteiger partial charge on any atom is -0.480 e. The molecule has 0 saturated carbocycles. The van der Waals surface area contributed by atoms with Crippen LogP contribution in [0.5, 0.6) is 0 Å². The van der Waals surface area contributed by atoms with E-state index in [0.29, 0.717) is 0 Å². The molecule has 2 aromatic carbocycles. The van der Waals surface area contributed by atoms with E-state index in [0.717, 1.165) is 22.3 Å². The van der Waals surface area contributed by atoms with Gasteiger partial charge in [-0.2, -0.15) is 0 Å². The Morgan fingerprint density at radius 2 is 1.63 bits per heavy atom. The lowest BCUT2D eigenvalue weighted by Gasteiger charge is -2.19. The van der Waals surface area contributed by atoms with E-state index >= 15 is 0 Å². The number of fused-ring (bicyclic) bond motifs is 3. The lowest BCUT2D eigenvalue weighted by molar-refractivity contribution is -0.141. The van der Waals surface area contributed by atoms with Crippen molar-refractivity contribution in [1.29, 1.82) is 0 Å². The first-order valence-electron chi connectivity index (χ1n) is 9.68. The van der Waals surface area contributed by atoms with Crippen molar-refractivity contribution in [3.05, 3.63) is 72.3 Å². The van der Waals surface area contributed by atoms with E-state index in [4.69, 9.17) is 9.84 Å². The van der Waals surface area contributed by atoms with Gasteiger partial charge in [0.25, 0.3) is 0 Å². The summed E-state index contributed by atoms with van der Waals surface area (Å²) in [4.78, 5) is 35.6. The normalized spacial score (nSPS) is 14.0. The second-order valence-corrected chi connectivity index (χ2v) is 7.12. The van der Waals surface area contributed by atoms with Crippen LogP contribution in [0.25, 0.3) is 11.1 Å². The summed E-state index contributed by atoms with van der Waals surface area (Å²) < 4.78 is 5.40. The fourth-order valence-corrected chi connectivity index (χ4v) is 3.57. The molecule has 1 aliphatic carbocycles. The predicted molar refractivity (Wildman–Crippen MR) is 112 cm³/mol. The number of hydrogen-bond acceptors (Lipinski definition) is 4. The fraction of sp³-hybridized carbons (Fsp3) is 0.261. The molecule has 3 rings (SSSR count). The van der Waals surface area contributed by atoms with Crippen LogP contribution in [0, 0.1) is 0 Å². The van der Waals surface area contributed by atoms with Crippen LogP contribution in [0.4, 0.5) is 4.79 Å². The third kappa shape index (κ3) is 4.51. The van der Waals surface area contributed by atoms with E-state index in [1.807, 2.05) is 48.5 Å². The summed E-state index contributed by atoms with van der Waals surface area (Å²) in [5, 5.41) is 13.9. The van der Waals surface area contributed by atoms with Gasteiger partial charge in [0.05, 0.1) is 0 Å². The molecule has 3 N–H and O–H groups in total. The van der Waals surface area contributed by atoms with Crippen LogP contribution in [0.1, 0.15) is 30.4 Å². The minimum atomic E-state index is -1.17. The third-order valence-corrected chi connectivity index (χ3v) is 5.09. The Morgan fingerprint density at radius 3 is 2.17 bits per heavy atom. The highest BCUT2D eigenvalue weighted by molar-refractivity contribution is 5.89. The number of benzene rings is 2. The Bertz CT molecular complexity index is 926. The molecule has 2 aromatic rings. The highest BCUT2D eigenvalue weighted by Crippen LogP contribution is 2.44. The van der Waals surface area contributed by atoms with Gasteiger partial charge >= 0.3 is 12.1 Å². The molecular formula is C23H24N2O5. The van der Waals surface area contributed by atoms with Gasteiger partial charge in [-0.15, -0.1) is 6.58 Å². The number of carbonyl (C=O) groups excluding carboxylic acids is 2. The van der Waals surface area contributed by atoms with Crippen LogP contribution in [-0.2, 0) is 14.3 Å². The fourth-order valence-electron chi connectivity index (χ4n) is 3.57. The van der Waals surface area contributed by atoms with Gasteiger partial charge in [0, 0.05) is 5.92 Å². The van der Waals surface area contributed by atoms with Crippen molar-refractivity contribution in [3.8, 4) is 11.1 Å². The zero-order valence-electron chi connectivity index (χ0n) is 16.6. The van der Waals surface area contributed by atoms with Crippen LogP contribution < -0.4 is 10.6 Å². The van der Waals surface area contributed by atoms with Crippen LogP contribution in [-0.4, -0.2) is 41.8 Å². The molecule has 1 aliphatic rings. The monoisotopic (exact) mass is 408 g/mol. The maximum atomic E-state index is 12.2. The maximum absolute atomic E-state index is 12.2. The predicted octanol–water partition coefficient (Wildman–Crippen LogP) is 3.06. The van der Waals surface area contributed by atoms with Gasteiger partial charge in [0.2, 0.25) is 5.91 Å². The largest absolute Gasteiger partial charge is 0.480 e. The van der Waals surface area contributed by atoms with Gasteiger partial charge in [-0.25, -0.2) is 9.59 Å². The highest BCUT2D eigenvalue weighted by atomic mass is 16.5. The lowest BCUT2D eigenvalue weighted by atomic mass is 9.98. The molecule has 1 unspecified atom stereocenters. The van der Waals surface area contributed by atoms with E-state index in [2.05, 4.69) is 17.2 Å². The molecule has 7 heteroatoms. The number of rotatable bonds is 8. The zero-order valence-corrected chi connectivity index (χ0v) is 16.6. The summed E-state index contributed by atoms with van der Waals surface area (Å²) in [6, 6.07) is 13.9. The van der Waals surface area contributed by atoms with Crippen molar-refractivity contribution in [1.82, 2.24) is 10.6 Å². The second-order valence-electron chi connectivity index (χ2n) is 7.12. The Labute approximate surface area is 174 Å². The second kappa shape index (κ2) is 9.26. The van der Waals surface area contributed by atoms with Gasteiger partial charge in [-0.1, -0.05) is 54.6 Å². The Morgan fingerprint density at radius 1 is 1.07 bits per heavy atom. The van der Waals surface area contributed by atoms with Gasteiger partial charge in [-0.05, 0) is 35.6 Å². The number of ether oxygens (including phenoxy) is 1. The summed E-state index contributed by atoms with van der Waals surface area (Å²) in [5.41, 5.74) is 4.42. The first-order valence-corrected chi connectivity index (χ1v) is 9.68. The van der Waals surface area contributed by atoms with Crippen LogP contribution >= 0.6 is 0 Å². The quantitative estimate of drug-likeness (QED) is 0.583. The van der Waals surface area contributed by atoms with Gasteiger partial charge in [-0.3, -0.25) is 4.79 Å². The lowest BCUT2D eigenvalue weighted by Crippen LogP contribution is -2.50. The average Bonchev–Trinajstić information content (AvgIpc) is 3.05. The van der Waals surface area contributed by atoms with Crippen molar-refractivity contribution < 1.29 is 24.2 Å². The molecule has 30 heavy (non-hydrogen) atoms. The van der Waals surface area contributed by atoms with Gasteiger partial charge < -0.3 is 20.5 Å². The summed E-state index contributed by atoms with van der Waals surface area (Å²) in [5.74, 6) is -1.87. The molecule has 0 spiro atoms. The van der Waals surface area contributed by atoms with Crippen LogP contribution in [0.15, 0.2) is 61.2 Å². The molecule has 0 bridgehead atoms. The van der Waals surface area contributed by atoms with Crippen molar-refractivity contribution >= 4 is 18.0 Å². The molecule has 156 valence electrons. The van der Waals surface area contributed by atoms with Crippen molar-refractivity contribution in [3.63, 3.8) is 0 Å². The molecule has 0 fully saturated rings. The number of carbonyl (C=O) groups is 3. The third-order valence-electron chi connectivity index (χ3n) is 5.09. The average molecular weight is 408 g/mol. The molecule has 2 atom stereocenters. The van der Waals surface area contributed by atoms with E-state index in [1.54, 1.807) is 0 Å². The molecule has 0 aromatic heterocycles. The standard InChI is InChI=1S/C23H24N2O5/c1-3-8-20(22(27)28)25-21(26)14(2)24-23(29)30-13-19-17-11-6-4-9-15(17)16-10-5-7-12-18(16)19/h3-7,9-12,14,19-20H,1,8,13H2,2H3,(H,24,29)(H,25,26)(H,27,28)/t14-,20?/m1/s1. The van der Waals surface area contributed by atoms with E-state index in [1.165, 1.54) is 13.0 Å². The van der Waals surface area contributed by atoms with E-state index in [9.17, 15) is 14.4 Å². The summed E-state index contributed by atoms with van der Waals surface area (Å²) >= 11 is 0. The first-order chi connectivity index (χ1) is 14.4. The minimum absolute atomic E-state index is 0.0821. The number of hydrogen-bond donors (Lipinski definition) is 3. The van der Waals surface area contributed by atoms with E-state index < -0.39 is 30.1 Å². The number of carboxylic acids is 1.